The Bertz CT molecular complexity index is 801. The second-order valence-electron chi connectivity index (χ2n) is 7.86. The Morgan fingerprint density at radius 1 is 0.964 bits per heavy atom. The highest BCUT2D eigenvalue weighted by Gasteiger charge is 2.20. The van der Waals surface area contributed by atoms with Crippen LogP contribution in [-0.2, 0) is 17.6 Å². The fourth-order valence-electron chi connectivity index (χ4n) is 4.10. The molecule has 2 N–H and O–H groups in total. The first-order valence-corrected chi connectivity index (χ1v) is 10.3. The van der Waals surface area contributed by atoms with Gasteiger partial charge in [0.15, 0.2) is 0 Å². The second kappa shape index (κ2) is 8.86. The Morgan fingerprint density at radius 3 is 2.50 bits per heavy atom. The van der Waals surface area contributed by atoms with E-state index in [1.807, 2.05) is 36.4 Å². The number of nitrogens with one attached hydrogen (secondary N) is 1. The molecule has 2 aromatic rings. The second-order valence-corrected chi connectivity index (χ2v) is 7.86. The average molecular weight is 380 g/mol. The quantitative estimate of drug-likeness (QED) is 0.810. The summed E-state index contributed by atoms with van der Waals surface area (Å²) >= 11 is 0. The van der Waals surface area contributed by atoms with E-state index < -0.39 is 6.10 Å². The number of fused-ring (bicyclic) bond motifs is 1. The summed E-state index contributed by atoms with van der Waals surface area (Å²) in [4.78, 5) is 16.3. The van der Waals surface area contributed by atoms with Gasteiger partial charge in [0.2, 0.25) is 5.91 Å². The zero-order valence-corrected chi connectivity index (χ0v) is 16.3. The molecule has 1 atom stereocenters. The van der Waals surface area contributed by atoms with Gasteiger partial charge in [-0.3, -0.25) is 9.69 Å². The van der Waals surface area contributed by atoms with E-state index in [1.54, 1.807) is 0 Å². The van der Waals surface area contributed by atoms with Crippen molar-refractivity contribution in [1.29, 1.82) is 0 Å². The molecule has 0 spiro atoms. The SMILES string of the molecule is O=C1CCc2cc(CCN3CCN(C[C@H](O)c4ccccc4)CC3)ccc2N1. The first kappa shape index (κ1) is 19.1. The Balaban J connectivity index is 1.22. The maximum atomic E-state index is 11.5. The smallest absolute Gasteiger partial charge is 0.224 e. The molecule has 4 rings (SSSR count). The number of hydrogen-bond acceptors (Lipinski definition) is 4. The minimum atomic E-state index is -0.413. The third-order valence-corrected chi connectivity index (χ3v) is 5.86. The van der Waals surface area contributed by atoms with Crippen LogP contribution in [0.25, 0.3) is 0 Å². The van der Waals surface area contributed by atoms with Crippen LogP contribution in [-0.4, -0.2) is 60.1 Å². The topological polar surface area (TPSA) is 55.8 Å². The van der Waals surface area contributed by atoms with Gasteiger partial charge in [0, 0.05) is 51.4 Å². The number of aliphatic hydroxyl groups is 1. The van der Waals surface area contributed by atoms with Crippen molar-refractivity contribution in [1.82, 2.24) is 9.80 Å². The van der Waals surface area contributed by atoms with Crippen LogP contribution < -0.4 is 5.32 Å². The van der Waals surface area contributed by atoms with Gasteiger partial charge in [-0.1, -0.05) is 42.5 Å². The van der Waals surface area contributed by atoms with Crippen molar-refractivity contribution >= 4 is 11.6 Å². The molecule has 1 fully saturated rings. The molecule has 1 amide bonds. The van der Waals surface area contributed by atoms with Gasteiger partial charge in [-0.05, 0) is 35.6 Å². The number of nitrogens with zero attached hydrogens (tertiary/aromatic N) is 2. The van der Waals surface area contributed by atoms with Crippen LogP contribution in [0.5, 0.6) is 0 Å². The number of carbonyl (C=O) groups excluding carboxylic acids is 1. The van der Waals surface area contributed by atoms with Crippen molar-refractivity contribution in [3.05, 3.63) is 65.2 Å². The molecular formula is C23H29N3O2. The van der Waals surface area contributed by atoms with Gasteiger partial charge in [0.05, 0.1) is 6.10 Å². The molecule has 2 aliphatic heterocycles. The molecule has 2 heterocycles. The third-order valence-electron chi connectivity index (χ3n) is 5.86. The summed E-state index contributed by atoms with van der Waals surface area (Å²) in [7, 11) is 0. The Labute approximate surface area is 167 Å². The van der Waals surface area contributed by atoms with Crippen LogP contribution >= 0.6 is 0 Å². The van der Waals surface area contributed by atoms with Crippen molar-refractivity contribution in [2.24, 2.45) is 0 Å². The molecule has 28 heavy (non-hydrogen) atoms. The van der Waals surface area contributed by atoms with Gasteiger partial charge in [-0.15, -0.1) is 0 Å². The average Bonchev–Trinajstić information content (AvgIpc) is 2.74. The molecule has 0 unspecified atom stereocenters. The third kappa shape index (κ3) is 4.79. The fraction of sp³-hybridized carbons (Fsp3) is 0.435. The highest BCUT2D eigenvalue weighted by atomic mass is 16.3. The number of carbonyl (C=O) groups is 1. The first-order chi connectivity index (χ1) is 13.7. The van der Waals surface area contributed by atoms with Crippen LogP contribution in [0.1, 0.15) is 29.2 Å². The van der Waals surface area contributed by atoms with Gasteiger partial charge >= 0.3 is 0 Å². The largest absolute Gasteiger partial charge is 0.387 e. The number of amides is 1. The maximum Gasteiger partial charge on any atom is 0.224 e. The van der Waals surface area contributed by atoms with Gasteiger partial charge < -0.3 is 15.3 Å². The van der Waals surface area contributed by atoms with E-state index in [-0.39, 0.29) is 5.91 Å². The summed E-state index contributed by atoms with van der Waals surface area (Å²) < 4.78 is 0. The lowest BCUT2D eigenvalue weighted by atomic mass is 9.99. The monoisotopic (exact) mass is 379 g/mol. The van der Waals surface area contributed by atoms with Crippen molar-refractivity contribution < 1.29 is 9.90 Å². The molecule has 5 heteroatoms. The summed E-state index contributed by atoms with van der Waals surface area (Å²) in [5.41, 5.74) is 4.58. The molecule has 2 aliphatic rings. The number of piperazine rings is 1. The summed E-state index contributed by atoms with van der Waals surface area (Å²) in [6, 6.07) is 16.3. The fourth-order valence-corrected chi connectivity index (χ4v) is 4.10. The van der Waals surface area contributed by atoms with E-state index in [0.29, 0.717) is 13.0 Å². The number of hydrogen-bond donors (Lipinski definition) is 2. The molecule has 2 aromatic carbocycles. The predicted molar refractivity (Wildman–Crippen MR) is 111 cm³/mol. The number of benzene rings is 2. The highest BCUT2D eigenvalue weighted by Crippen LogP contribution is 2.24. The van der Waals surface area contributed by atoms with Gasteiger partial charge in [0.25, 0.3) is 0 Å². The van der Waals surface area contributed by atoms with Crippen molar-refractivity contribution in [3.63, 3.8) is 0 Å². The molecule has 0 saturated carbocycles. The number of aryl methyl sites for hydroxylation is 1. The predicted octanol–water partition coefficient (Wildman–Crippen LogP) is 2.46. The maximum absolute atomic E-state index is 11.5. The lowest BCUT2D eigenvalue weighted by Gasteiger charge is -2.35. The molecule has 0 radical (unpaired) electrons. The van der Waals surface area contributed by atoms with Gasteiger partial charge in [-0.2, -0.15) is 0 Å². The van der Waals surface area contributed by atoms with Crippen molar-refractivity contribution in [2.75, 3.05) is 44.6 Å². The van der Waals surface area contributed by atoms with E-state index >= 15 is 0 Å². The van der Waals surface area contributed by atoms with Gasteiger partial charge in [0.1, 0.15) is 0 Å². The molecular weight excluding hydrogens is 350 g/mol. The molecule has 0 bridgehead atoms. The summed E-state index contributed by atoms with van der Waals surface area (Å²) in [5, 5.41) is 13.4. The first-order valence-electron chi connectivity index (χ1n) is 10.3. The molecule has 0 aromatic heterocycles. The Morgan fingerprint density at radius 2 is 1.71 bits per heavy atom. The molecule has 148 valence electrons. The lowest BCUT2D eigenvalue weighted by Crippen LogP contribution is -2.47. The zero-order valence-electron chi connectivity index (χ0n) is 16.3. The number of rotatable bonds is 6. The van der Waals surface area contributed by atoms with Crippen LogP contribution in [0.4, 0.5) is 5.69 Å². The minimum absolute atomic E-state index is 0.121. The summed E-state index contributed by atoms with van der Waals surface area (Å²) in [6.07, 6.45) is 2.06. The number of anilines is 1. The summed E-state index contributed by atoms with van der Waals surface area (Å²) in [5.74, 6) is 0.121. The van der Waals surface area contributed by atoms with Crippen LogP contribution in [0.15, 0.2) is 48.5 Å². The zero-order chi connectivity index (χ0) is 19.3. The van der Waals surface area contributed by atoms with E-state index in [4.69, 9.17) is 0 Å². The standard InChI is InChI=1S/C23H29N3O2/c27-22(19-4-2-1-3-5-19)17-26-14-12-25(13-15-26)11-10-18-6-8-21-20(16-18)7-9-23(28)24-21/h1-6,8,16,22,27H,7,9-15,17H2,(H,24,28)/t22-/m0/s1. The van der Waals surface area contributed by atoms with Crippen LogP contribution in [0.2, 0.25) is 0 Å². The Hall–Kier alpha value is -2.21. The van der Waals surface area contributed by atoms with Gasteiger partial charge in [-0.25, -0.2) is 0 Å². The van der Waals surface area contributed by atoms with E-state index in [1.165, 1.54) is 11.1 Å². The molecule has 0 aliphatic carbocycles. The van der Waals surface area contributed by atoms with E-state index in [0.717, 1.165) is 56.8 Å². The molecule has 1 saturated heterocycles. The Kier molecular flexibility index (Phi) is 6.05. The highest BCUT2D eigenvalue weighted by molar-refractivity contribution is 5.93. The normalized spacial score (nSPS) is 19.1. The van der Waals surface area contributed by atoms with Crippen molar-refractivity contribution in [3.8, 4) is 0 Å². The lowest BCUT2D eigenvalue weighted by molar-refractivity contribution is -0.116. The number of aliphatic hydroxyl groups excluding tert-OH is 1. The minimum Gasteiger partial charge on any atom is -0.387 e. The van der Waals surface area contributed by atoms with Crippen LogP contribution in [0, 0.1) is 0 Å². The van der Waals surface area contributed by atoms with Crippen molar-refractivity contribution in [2.45, 2.75) is 25.4 Å². The van der Waals surface area contributed by atoms with Crippen LogP contribution in [0.3, 0.4) is 0 Å². The van der Waals surface area contributed by atoms with E-state index in [2.05, 4.69) is 27.2 Å². The number of β-amino-alcohol motifs (C(OH)–C–C–N with tert-alkyl or cyclic N) is 1. The molecule has 5 nitrogen and oxygen atoms in total. The van der Waals surface area contributed by atoms with E-state index in [9.17, 15) is 9.90 Å². The summed E-state index contributed by atoms with van der Waals surface area (Å²) in [6.45, 7) is 5.85.